The fourth-order valence-electron chi connectivity index (χ4n) is 1.60. The highest BCUT2D eigenvalue weighted by Crippen LogP contribution is 2.18. The Balaban J connectivity index is 2.23. The largest absolute Gasteiger partial charge is 0.363 e. The maximum Gasteiger partial charge on any atom is 0.144 e. The molecule has 2 aromatic rings. The lowest BCUT2D eigenvalue weighted by atomic mass is 10.1. The average molecular weight is 244 g/mol. The van der Waals surface area contributed by atoms with E-state index < -0.39 is 0 Å². The fraction of sp³-hybridized carbons (Fsp3) is 0.250. The van der Waals surface area contributed by atoms with E-state index in [1.165, 1.54) is 0 Å². The highest BCUT2D eigenvalue weighted by molar-refractivity contribution is 7.07. The number of aromatic nitrogens is 2. The van der Waals surface area contributed by atoms with Crippen LogP contribution >= 0.6 is 11.3 Å². The Morgan fingerprint density at radius 2 is 2.29 bits per heavy atom. The molecular weight excluding hydrogens is 232 g/mol. The van der Waals surface area contributed by atoms with Crippen molar-refractivity contribution < 1.29 is 0 Å². The number of nitrogens with zero attached hydrogens (tertiary/aromatic N) is 3. The number of thiazole rings is 1. The van der Waals surface area contributed by atoms with Crippen molar-refractivity contribution in [3.05, 3.63) is 39.5 Å². The number of nitrogens with one attached hydrogen (secondary N) is 1. The van der Waals surface area contributed by atoms with Gasteiger partial charge in [-0.25, -0.2) is 9.97 Å². The monoisotopic (exact) mass is 244 g/mol. The van der Waals surface area contributed by atoms with E-state index in [-0.39, 0.29) is 0 Å². The van der Waals surface area contributed by atoms with E-state index in [1.807, 2.05) is 25.3 Å². The molecule has 0 fully saturated rings. The quantitative estimate of drug-likeness (QED) is 0.901. The molecule has 0 saturated heterocycles. The van der Waals surface area contributed by atoms with Crippen LogP contribution in [0.3, 0.4) is 0 Å². The minimum Gasteiger partial charge on any atom is -0.363 e. The van der Waals surface area contributed by atoms with E-state index in [0.717, 1.165) is 17.0 Å². The van der Waals surface area contributed by atoms with Gasteiger partial charge in [-0.3, -0.25) is 0 Å². The molecule has 1 N–H and O–H groups in total. The molecule has 0 aliphatic rings. The highest BCUT2D eigenvalue weighted by Gasteiger charge is 2.08. The van der Waals surface area contributed by atoms with E-state index >= 15 is 0 Å². The van der Waals surface area contributed by atoms with Crippen LogP contribution in [-0.4, -0.2) is 9.97 Å². The molecular formula is C12H12N4S. The summed E-state index contributed by atoms with van der Waals surface area (Å²) in [6.45, 7) is 4.43. The van der Waals surface area contributed by atoms with Gasteiger partial charge in [0.25, 0.3) is 0 Å². The molecule has 2 heterocycles. The molecule has 2 aromatic heterocycles. The lowest BCUT2D eigenvalue weighted by molar-refractivity contribution is 1.03. The maximum atomic E-state index is 9.10. The fourth-order valence-corrected chi connectivity index (χ4v) is 2.16. The van der Waals surface area contributed by atoms with E-state index in [4.69, 9.17) is 5.26 Å². The molecule has 0 atom stereocenters. The van der Waals surface area contributed by atoms with Crippen molar-refractivity contribution in [2.75, 3.05) is 5.32 Å². The number of hydrogen-bond acceptors (Lipinski definition) is 5. The summed E-state index contributed by atoms with van der Waals surface area (Å²) in [4.78, 5) is 8.52. The Kier molecular flexibility index (Phi) is 3.35. The van der Waals surface area contributed by atoms with E-state index in [1.54, 1.807) is 16.8 Å². The topological polar surface area (TPSA) is 61.6 Å². The van der Waals surface area contributed by atoms with Crippen molar-refractivity contribution in [2.24, 2.45) is 0 Å². The second-order valence-electron chi connectivity index (χ2n) is 3.75. The Bertz CT molecular complexity index is 555. The first kappa shape index (κ1) is 11.6. The highest BCUT2D eigenvalue weighted by atomic mass is 32.1. The molecule has 0 radical (unpaired) electrons. The number of anilines is 1. The number of pyridine rings is 1. The van der Waals surface area contributed by atoms with Crippen molar-refractivity contribution in [3.63, 3.8) is 0 Å². The first-order valence-corrected chi connectivity index (χ1v) is 6.14. The molecule has 0 aliphatic heterocycles. The van der Waals surface area contributed by atoms with Gasteiger partial charge in [-0.15, -0.1) is 11.3 Å². The Morgan fingerprint density at radius 1 is 1.47 bits per heavy atom. The first-order valence-electron chi connectivity index (χ1n) is 5.20. The van der Waals surface area contributed by atoms with Crippen LogP contribution in [-0.2, 0) is 6.54 Å². The van der Waals surface area contributed by atoms with Crippen LogP contribution in [0.25, 0.3) is 0 Å². The minimum atomic E-state index is 0.591. The van der Waals surface area contributed by atoms with Gasteiger partial charge in [0, 0.05) is 11.1 Å². The maximum absolute atomic E-state index is 9.10. The van der Waals surface area contributed by atoms with E-state index in [2.05, 4.69) is 21.4 Å². The molecule has 2 rings (SSSR count). The number of hydrogen-bond donors (Lipinski definition) is 1. The molecule has 17 heavy (non-hydrogen) atoms. The third-order valence-corrected chi connectivity index (χ3v) is 3.01. The predicted octanol–water partition coefficient (Wildman–Crippen LogP) is 2.64. The first-order chi connectivity index (χ1) is 8.20. The molecule has 4 nitrogen and oxygen atoms in total. The molecule has 86 valence electrons. The van der Waals surface area contributed by atoms with Crippen molar-refractivity contribution in [1.29, 1.82) is 5.26 Å². The van der Waals surface area contributed by atoms with Gasteiger partial charge in [-0.2, -0.15) is 5.26 Å². The van der Waals surface area contributed by atoms with Gasteiger partial charge >= 0.3 is 0 Å². The van der Waals surface area contributed by atoms with Gasteiger partial charge in [-0.1, -0.05) is 0 Å². The third-order valence-electron chi connectivity index (χ3n) is 2.38. The molecule has 0 spiro atoms. The molecule has 0 aromatic carbocycles. The third kappa shape index (κ3) is 2.60. The molecule has 0 amide bonds. The zero-order valence-corrected chi connectivity index (χ0v) is 10.5. The lowest BCUT2D eigenvalue weighted by Crippen LogP contribution is -2.05. The van der Waals surface area contributed by atoms with Crippen LogP contribution in [0.2, 0.25) is 0 Å². The van der Waals surface area contributed by atoms with E-state index in [0.29, 0.717) is 17.9 Å². The van der Waals surface area contributed by atoms with Gasteiger partial charge in [-0.05, 0) is 25.5 Å². The number of nitriles is 1. The summed E-state index contributed by atoms with van der Waals surface area (Å²) in [5.41, 5.74) is 5.20. The predicted molar refractivity (Wildman–Crippen MR) is 67.9 cm³/mol. The Labute approximate surface area is 104 Å². The van der Waals surface area contributed by atoms with Crippen molar-refractivity contribution in [3.8, 4) is 6.07 Å². The zero-order chi connectivity index (χ0) is 12.3. The van der Waals surface area contributed by atoms with Gasteiger partial charge in [0.2, 0.25) is 0 Å². The molecule has 0 unspecified atom stereocenters. The summed E-state index contributed by atoms with van der Waals surface area (Å²) < 4.78 is 0. The van der Waals surface area contributed by atoms with Gasteiger partial charge in [0.05, 0.1) is 23.3 Å². The van der Waals surface area contributed by atoms with Crippen LogP contribution < -0.4 is 5.32 Å². The Morgan fingerprint density at radius 3 is 2.94 bits per heavy atom. The van der Waals surface area contributed by atoms with Gasteiger partial charge in [0.15, 0.2) is 0 Å². The smallest absolute Gasteiger partial charge is 0.144 e. The average Bonchev–Trinajstić information content (AvgIpc) is 2.78. The zero-order valence-electron chi connectivity index (χ0n) is 9.69. The molecule has 0 saturated carbocycles. The Hall–Kier alpha value is -1.93. The SMILES string of the molecule is Cc1cc(C)c(C#N)c(NCc2cscn2)n1. The van der Waals surface area contributed by atoms with Crippen LogP contribution in [0.1, 0.15) is 22.5 Å². The summed E-state index contributed by atoms with van der Waals surface area (Å²) in [7, 11) is 0. The van der Waals surface area contributed by atoms with Crippen molar-refractivity contribution >= 4 is 17.2 Å². The second-order valence-corrected chi connectivity index (χ2v) is 4.47. The summed E-state index contributed by atoms with van der Waals surface area (Å²) in [5.74, 6) is 0.637. The van der Waals surface area contributed by atoms with E-state index in [9.17, 15) is 0 Å². The lowest BCUT2D eigenvalue weighted by Gasteiger charge is -2.09. The van der Waals surface area contributed by atoms with Crippen LogP contribution in [0.15, 0.2) is 17.0 Å². The molecule has 0 bridgehead atoms. The van der Waals surface area contributed by atoms with Crippen LogP contribution in [0.4, 0.5) is 5.82 Å². The second kappa shape index (κ2) is 4.93. The van der Waals surface area contributed by atoms with Gasteiger partial charge < -0.3 is 5.32 Å². The van der Waals surface area contributed by atoms with Crippen molar-refractivity contribution in [2.45, 2.75) is 20.4 Å². The molecule has 5 heteroatoms. The summed E-state index contributed by atoms with van der Waals surface area (Å²) >= 11 is 1.55. The summed E-state index contributed by atoms with van der Waals surface area (Å²) in [6, 6.07) is 4.09. The number of rotatable bonds is 3. The molecule has 0 aliphatic carbocycles. The number of aryl methyl sites for hydroxylation is 2. The van der Waals surface area contributed by atoms with Gasteiger partial charge in [0.1, 0.15) is 11.9 Å². The summed E-state index contributed by atoms with van der Waals surface area (Å²) in [5, 5.41) is 14.2. The van der Waals surface area contributed by atoms with Crippen LogP contribution in [0.5, 0.6) is 0 Å². The van der Waals surface area contributed by atoms with Crippen molar-refractivity contribution in [1.82, 2.24) is 9.97 Å². The minimum absolute atomic E-state index is 0.591. The normalized spacial score (nSPS) is 9.94. The summed E-state index contributed by atoms with van der Waals surface area (Å²) in [6.07, 6.45) is 0. The standard InChI is InChI=1S/C12H12N4S/c1-8-3-9(2)16-12(11(8)4-13)14-5-10-6-17-7-15-10/h3,6-7H,5H2,1-2H3,(H,14,16). The van der Waals surface area contributed by atoms with Crippen LogP contribution in [0, 0.1) is 25.2 Å².